The molecule has 158 valence electrons. The average molecular weight is 399 g/mol. The van der Waals surface area contributed by atoms with Gasteiger partial charge in [-0.3, -0.25) is 14.6 Å². The van der Waals surface area contributed by atoms with Gasteiger partial charge < -0.3 is 15.4 Å². The number of hydrogen-bond donors (Lipinski definition) is 2. The molecule has 0 spiro atoms. The van der Waals surface area contributed by atoms with Gasteiger partial charge in [-0.05, 0) is 31.9 Å². The molecular formula is C22H34N6O. The van der Waals surface area contributed by atoms with Gasteiger partial charge in [-0.1, -0.05) is 29.8 Å². The van der Waals surface area contributed by atoms with E-state index in [2.05, 4.69) is 58.7 Å². The van der Waals surface area contributed by atoms with E-state index in [0.717, 1.165) is 64.9 Å². The molecule has 3 rings (SSSR count). The maximum Gasteiger partial charge on any atom is 0.191 e. The highest BCUT2D eigenvalue weighted by molar-refractivity contribution is 5.79. The summed E-state index contributed by atoms with van der Waals surface area (Å²) in [7, 11) is 0. The normalized spacial score (nSPS) is 16.6. The van der Waals surface area contributed by atoms with E-state index in [1.165, 1.54) is 11.1 Å². The first-order valence-corrected chi connectivity index (χ1v) is 10.6. The highest BCUT2D eigenvalue weighted by atomic mass is 16.5. The number of nitrogens with one attached hydrogen (secondary N) is 2. The Morgan fingerprint density at radius 3 is 2.83 bits per heavy atom. The van der Waals surface area contributed by atoms with Crippen molar-refractivity contribution in [1.29, 1.82) is 0 Å². The highest BCUT2D eigenvalue weighted by Crippen LogP contribution is 2.23. The van der Waals surface area contributed by atoms with Crippen LogP contribution in [0.25, 0.3) is 0 Å². The molecule has 1 unspecified atom stereocenters. The Morgan fingerprint density at radius 2 is 2.10 bits per heavy atom. The van der Waals surface area contributed by atoms with Gasteiger partial charge in [0.1, 0.15) is 0 Å². The number of morpholine rings is 1. The number of hydrogen-bond acceptors (Lipinski definition) is 4. The summed E-state index contributed by atoms with van der Waals surface area (Å²) in [6.07, 6.45) is 4.81. The van der Waals surface area contributed by atoms with E-state index >= 15 is 0 Å². The van der Waals surface area contributed by atoms with E-state index in [-0.39, 0.29) is 6.04 Å². The molecular weight excluding hydrogens is 364 g/mol. The summed E-state index contributed by atoms with van der Waals surface area (Å²) < 4.78 is 7.52. The molecule has 1 aliphatic rings. The Hall–Kier alpha value is -2.38. The minimum Gasteiger partial charge on any atom is -0.379 e. The first-order chi connectivity index (χ1) is 14.3. The van der Waals surface area contributed by atoms with Crippen molar-refractivity contribution in [1.82, 2.24) is 25.3 Å². The minimum atomic E-state index is 0.262. The number of benzene rings is 1. The van der Waals surface area contributed by atoms with Crippen molar-refractivity contribution in [2.75, 3.05) is 45.9 Å². The second-order valence-electron chi connectivity index (χ2n) is 7.35. The first-order valence-electron chi connectivity index (χ1n) is 10.6. The number of ether oxygens (including phenoxy) is 1. The number of rotatable bonds is 9. The topological polar surface area (TPSA) is 66.7 Å². The van der Waals surface area contributed by atoms with Gasteiger partial charge in [0, 0.05) is 45.1 Å². The zero-order valence-electron chi connectivity index (χ0n) is 17.7. The van der Waals surface area contributed by atoms with Crippen LogP contribution in [-0.2, 0) is 11.3 Å². The lowest BCUT2D eigenvalue weighted by Gasteiger charge is -2.34. The van der Waals surface area contributed by atoms with Crippen LogP contribution in [0.4, 0.5) is 0 Å². The molecule has 0 radical (unpaired) electrons. The van der Waals surface area contributed by atoms with Crippen LogP contribution in [0.3, 0.4) is 0 Å². The number of aliphatic imine (C=N–C) groups is 1. The van der Waals surface area contributed by atoms with E-state index in [1.54, 1.807) is 0 Å². The van der Waals surface area contributed by atoms with Gasteiger partial charge in [-0.15, -0.1) is 0 Å². The van der Waals surface area contributed by atoms with Crippen LogP contribution in [0, 0.1) is 6.92 Å². The predicted octanol–water partition coefficient (Wildman–Crippen LogP) is 2.21. The number of nitrogens with zero attached hydrogens (tertiary/aromatic N) is 4. The summed E-state index contributed by atoms with van der Waals surface area (Å²) in [4.78, 5) is 7.41. The van der Waals surface area contributed by atoms with E-state index in [9.17, 15) is 0 Å². The molecule has 2 N–H and O–H groups in total. The zero-order valence-corrected chi connectivity index (χ0v) is 17.7. The molecule has 0 aliphatic carbocycles. The van der Waals surface area contributed by atoms with Crippen molar-refractivity contribution in [3.05, 3.63) is 53.9 Å². The van der Waals surface area contributed by atoms with Crippen LogP contribution < -0.4 is 10.6 Å². The minimum absolute atomic E-state index is 0.262. The van der Waals surface area contributed by atoms with Crippen molar-refractivity contribution in [3.8, 4) is 0 Å². The van der Waals surface area contributed by atoms with Gasteiger partial charge in [-0.25, -0.2) is 0 Å². The fraction of sp³-hybridized carbons (Fsp3) is 0.545. The lowest BCUT2D eigenvalue weighted by Crippen LogP contribution is -2.42. The fourth-order valence-electron chi connectivity index (χ4n) is 3.60. The van der Waals surface area contributed by atoms with Gasteiger partial charge in [0.05, 0.1) is 25.8 Å². The smallest absolute Gasteiger partial charge is 0.191 e. The maximum atomic E-state index is 5.56. The van der Waals surface area contributed by atoms with Crippen LogP contribution >= 0.6 is 0 Å². The summed E-state index contributed by atoms with van der Waals surface area (Å²) >= 11 is 0. The molecule has 0 amide bonds. The van der Waals surface area contributed by atoms with E-state index in [0.29, 0.717) is 0 Å². The lowest BCUT2D eigenvalue weighted by molar-refractivity contribution is 0.0179. The summed E-state index contributed by atoms with van der Waals surface area (Å²) in [5.74, 6) is 0.874. The van der Waals surface area contributed by atoms with Gasteiger partial charge >= 0.3 is 0 Å². The van der Waals surface area contributed by atoms with Gasteiger partial charge in [-0.2, -0.15) is 5.10 Å². The third-order valence-electron chi connectivity index (χ3n) is 5.10. The Morgan fingerprint density at radius 1 is 1.24 bits per heavy atom. The molecule has 29 heavy (non-hydrogen) atoms. The van der Waals surface area contributed by atoms with Crippen LogP contribution in [0.2, 0.25) is 0 Å². The van der Waals surface area contributed by atoms with Crippen molar-refractivity contribution in [2.24, 2.45) is 4.99 Å². The second kappa shape index (κ2) is 11.6. The summed E-state index contributed by atoms with van der Waals surface area (Å²) in [5.41, 5.74) is 2.61. The van der Waals surface area contributed by atoms with Crippen LogP contribution in [0.5, 0.6) is 0 Å². The lowest BCUT2D eigenvalue weighted by atomic mass is 10.0. The number of aromatic nitrogens is 2. The zero-order chi connectivity index (χ0) is 20.3. The molecule has 7 nitrogen and oxygen atoms in total. The molecule has 1 saturated heterocycles. The summed E-state index contributed by atoms with van der Waals surface area (Å²) in [6, 6.07) is 11.0. The summed E-state index contributed by atoms with van der Waals surface area (Å²) in [5, 5.41) is 11.1. The Balaban J connectivity index is 1.62. The molecule has 1 aromatic carbocycles. The van der Waals surface area contributed by atoms with Gasteiger partial charge in [0.2, 0.25) is 0 Å². The molecule has 7 heteroatoms. The monoisotopic (exact) mass is 398 g/mol. The van der Waals surface area contributed by atoms with Crippen molar-refractivity contribution < 1.29 is 4.74 Å². The fourth-order valence-corrected chi connectivity index (χ4v) is 3.60. The number of aryl methyl sites for hydroxylation is 2. The van der Waals surface area contributed by atoms with Gasteiger partial charge in [0.15, 0.2) is 5.96 Å². The Kier molecular flexibility index (Phi) is 8.52. The molecule has 1 atom stereocenters. The Labute approximate surface area is 174 Å². The van der Waals surface area contributed by atoms with Crippen molar-refractivity contribution in [3.63, 3.8) is 0 Å². The van der Waals surface area contributed by atoms with E-state index < -0.39 is 0 Å². The highest BCUT2D eigenvalue weighted by Gasteiger charge is 2.22. The first kappa shape index (κ1) is 21.3. The Bertz CT molecular complexity index is 740. The second-order valence-corrected chi connectivity index (χ2v) is 7.35. The summed E-state index contributed by atoms with van der Waals surface area (Å²) in [6.45, 7) is 11.0. The molecule has 0 saturated carbocycles. The molecule has 1 fully saturated rings. The third-order valence-corrected chi connectivity index (χ3v) is 5.10. The molecule has 1 aliphatic heterocycles. The maximum absolute atomic E-state index is 5.56. The van der Waals surface area contributed by atoms with E-state index in [1.807, 2.05) is 23.1 Å². The largest absolute Gasteiger partial charge is 0.379 e. The average Bonchev–Trinajstić information content (AvgIpc) is 3.26. The SMILES string of the molecule is CCNC(=NCC(c1cccc(C)c1)N1CCOCC1)NCCCn1cccn1. The quantitative estimate of drug-likeness (QED) is 0.385. The van der Waals surface area contributed by atoms with Crippen molar-refractivity contribution >= 4 is 5.96 Å². The third kappa shape index (κ3) is 6.87. The van der Waals surface area contributed by atoms with Gasteiger partial charge in [0.25, 0.3) is 0 Å². The van der Waals surface area contributed by atoms with Crippen LogP contribution in [-0.4, -0.2) is 66.6 Å². The molecule has 1 aromatic heterocycles. The van der Waals surface area contributed by atoms with E-state index in [4.69, 9.17) is 9.73 Å². The molecule has 2 aromatic rings. The predicted molar refractivity (Wildman–Crippen MR) is 117 cm³/mol. The molecule has 0 bridgehead atoms. The standard InChI is InChI=1S/C22H34N6O/c1-3-23-22(24-9-5-11-28-12-6-10-26-28)25-18-21(27-13-15-29-16-14-27)20-8-4-7-19(2)17-20/h4,6-8,10,12,17,21H,3,5,9,11,13-16,18H2,1-2H3,(H2,23,24,25). The molecule has 2 heterocycles. The van der Waals surface area contributed by atoms with Crippen LogP contribution in [0.1, 0.15) is 30.5 Å². The number of guanidine groups is 1. The van der Waals surface area contributed by atoms with Crippen molar-refractivity contribution in [2.45, 2.75) is 32.9 Å². The van der Waals surface area contributed by atoms with Crippen LogP contribution in [0.15, 0.2) is 47.7 Å².